The van der Waals surface area contributed by atoms with Gasteiger partial charge in [0.1, 0.15) is 11.4 Å². The van der Waals surface area contributed by atoms with E-state index in [9.17, 15) is 18.0 Å². The molecule has 2 unspecified atom stereocenters. The maximum Gasteiger partial charge on any atom is 0.264 e. The lowest BCUT2D eigenvalue weighted by Crippen LogP contribution is -2.61. The Morgan fingerprint density at radius 1 is 1.00 bits per heavy atom. The number of methoxy groups -OCH3 is 1. The Labute approximate surface area is 327 Å². The lowest BCUT2D eigenvalue weighted by Gasteiger charge is -2.48. The van der Waals surface area contributed by atoms with E-state index in [0.29, 0.717) is 37.7 Å². The van der Waals surface area contributed by atoms with Gasteiger partial charge < -0.3 is 24.3 Å². The van der Waals surface area contributed by atoms with Crippen LogP contribution in [0.5, 0.6) is 5.75 Å². The van der Waals surface area contributed by atoms with Crippen LogP contribution >= 0.6 is 0 Å². The second-order valence-corrected chi connectivity index (χ2v) is 19.6. The molecule has 2 N–H and O–H groups in total. The van der Waals surface area contributed by atoms with Crippen molar-refractivity contribution in [2.24, 2.45) is 5.41 Å². The molecule has 0 radical (unpaired) electrons. The summed E-state index contributed by atoms with van der Waals surface area (Å²) in [5.74, 6) is 0.385. The quantitative estimate of drug-likeness (QED) is 0.218. The van der Waals surface area contributed by atoms with Crippen LogP contribution < -0.4 is 14.8 Å². The molecule has 3 saturated heterocycles. The number of hydrogen-bond donors (Lipinski definition) is 2. The number of amides is 2. The van der Waals surface area contributed by atoms with Crippen molar-refractivity contribution >= 4 is 44.4 Å². The van der Waals surface area contributed by atoms with Gasteiger partial charge in [-0.05, 0) is 105 Å². The van der Waals surface area contributed by atoms with Crippen LogP contribution in [0, 0.1) is 5.41 Å². The molecular formula is C43H50N6O6S. The van der Waals surface area contributed by atoms with Gasteiger partial charge >= 0.3 is 0 Å². The third kappa shape index (κ3) is 5.36. The molecule has 5 fully saturated rings. The zero-order valence-corrected chi connectivity index (χ0v) is 33.2. The van der Waals surface area contributed by atoms with Gasteiger partial charge in [-0.2, -0.15) is 5.10 Å². The number of fused-ring (bicyclic) bond motifs is 5. The van der Waals surface area contributed by atoms with Crippen molar-refractivity contribution in [1.29, 1.82) is 0 Å². The Balaban J connectivity index is 1.16. The van der Waals surface area contributed by atoms with Crippen LogP contribution in [0.4, 0.5) is 0 Å². The van der Waals surface area contributed by atoms with Crippen molar-refractivity contribution < 1.29 is 27.5 Å². The number of aromatic nitrogens is 3. The van der Waals surface area contributed by atoms with Crippen LogP contribution in [-0.2, 0) is 21.3 Å². The second-order valence-electron chi connectivity index (χ2n) is 17.3. The highest BCUT2D eigenvalue weighted by atomic mass is 32.2. The van der Waals surface area contributed by atoms with E-state index in [1.54, 1.807) is 33.2 Å². The average Bonchev–Trinajstić information content (AvgIpc) is 3.81. The number of ether oxygens (including phenoxy) is 2. The van der Waals surface area contributed by atoms with E-state index >= 15 is 0 Å². The molecule has 2 aromatic heterocycles. The predicted octanol–water partition coefficient (Wildman–Crippen LogP) is 6.12. The van der Waals surface area contributed by atoms with Crippen molar-refractivity contribution in [1.82, 2.24) is 29.3 Å². The van der Waals surface area contributed by atoms with E-state index in [4.69, 9.17) is 14.6 Å². The van der Waals surface area contributed by atoms with Gasteiger partial charge in [-0.3, -0.25) is 14.3 Å². The monoisotopic (exact) mass is 778 g/mol. The molecule has 6 heterocycles. The van der Waals surface area contributed by atoms with Crippen molar-refractivity contribution in [2.45, 2.75) is 94.6 Å². The number of allylic oxidation sites excluding steroid dienone is 1. The van der Waals surface area contributed by atoms with Crippen molar-refractivity contribution in [3.8, 4) is 17.0 Å². The summed E-state index contributed by atoms with van der Waals surface area (Å²) in [7, 11) is -2.16. The van der Waals surface area contributed by atoms with Gasteiger partial charge in [0.15, 0.2) is 0 Å². The molecule has 10 rings (SSSR count). The number of benzene rings is 2. The Hall–Kier alpha value is -4.46. The summed E-state index contributed by atoms with van der Waals surface area (Å²) in [6.07, 6.45) is 12.7. The Morgan fingerprint density at radius 2 is 1.82 bits per heavy atom. The number of hydrogen-bond acceptors (Lipinski definition) is 8. The first kappa shape index (κ1) is 35.9. The summed E-state index contributed by atoms with van der Waals surface area (Å²) in [4.78, 5) is 30.4. The van der Waals surface area contributed by atoms with E-state index in [2.05, 4.69) is 37.5 Å². The predicted molar refractivity (Wildman–Crippen MR) is 214 cm³/mol. The molecule has 294 valence electrons. The minimum absolute atomic E-state index is 0.0222. The summed E-state index contributed by atoms with van der Waals surface area (Å²) in [5.41, 5.74) is 7.55. The number of sulfonamides is 1. The van der Waals surface area contributed by atoms with E-state index in [1.165, 1.54) is 12.0 Å². The summed E-state index contributed by atoms with van der Waals surface area (Å²) >= 11 is 0. The van der Waals surface area contributed by atoms with E-state index in [0.717, 1.165) is 103 Å². The Bertz CT molecular complexity index is 2420. The number of carbonyl (C=O) groups excluding carboxylic acids is 2. The van der Waals surface area contributed by atoms with Crippen molar-refractivity contribution in [2.75, 3.05) is 39.9 Å². The summed E-state index contributed by atoms with van der Waals surface area (Å²) in [6, 6.07) is 12.0. The summed E-state index contributed by atoms with van der Waals surface area (Å²) < 4.78 is 44.3. The highest BCUT2D eigenvalue weighted by Crippen LogP contribution is 2.54. The molecule has 2 aromatic carbocycles. The highest BCUT2D eigenvalue weighted by Gasteiger charge is 2.69. The van der Waals surface area contributed by atoms with Crippen LogP contribution in [0.2, 0.25) is 0 Å². The standard InChI is InChI=1S/C43H50N6O6S/c1-26(2)56(52,53)46-40(50)28-12-14-34-36(18-28)48-20-30(16-29-17-32(54-3)13-15-33(29)39(48)37(34)27-8-5-4-6-9-27)38-35(19-45-49(38)31-10-7-11-31)41(51)47-23-42-21-44-22-43(42,24-47)55-25-42/h12-19,26-27,31,44H,4-11,20-25H2,1-3H3,(H,46,50). The molecule has 2 aliphatic carbocycles. The first-order chi connectivity index (χ1) is 27.0. The number of nitrogens with zero attached hydrogens (tertiary/aromatic N) is 4. The van der Waals surface area contributed by atoms with E-state index < -0.39 is 21.2 Å². The summed E-state index contributed by atoms with van der Waals surface area (Å²) in [6.45, 7) is 7.01. The summed E-state index contributed by atoms with van der Waals surface area (Å²) in [5, 5.41) is 8.79. The number of carbonyl (C=O) groups is 2. The molecule has 2 atom stereocenters. The number of rotatable bonds is 8. The normalized spacial score (nSPS) is 24.8. The lowest BCUT2D eigenvalue weighted by molar-refractivity contribution is -0.207. The third-order valence-corrected chi connectivity index (χ3v) is 15.6. The zero-order valence-electron chi connectivity index (χ0n) is 32.4. The van der Waals surface area contributed by atoms with Crippen LogP contribution in [-0.4, -0.2) is 90.2 Å². The molecule has 0 bridgehead atoms. The number of nitrogens with one attached hydrogen (secondary N) is 2. The van der Waals surface area contributed by atoms with Gasteiger partial charge in [0, 0.05) is 41.7 Å². The largest absolute Gasteiger partial charge is 0.497 e. The SMILES string of the molecule is COc1ccc2c(c1)C=C(c1c(C(=O)N3CC45CNCC4(C3)OC5)cnn1C1CCC1)Cn1c-2c(C2CCCCC2)c2ccc(C(=O)NS(=O)(=O)C(C)C)cc21. The van der Waals surface area contributed by atoms with Gasteiger partial charge in [0.25, 0.3) is 11.8 Å². The molecule has 13 heteroatoms. The molecule has 2 amide bonds. The zero-order chi connectivity index (χ0) is 38.6. The fraction of sp³-hybridized carbons (Fsp3) is 0.512. The van der Waals surface area contributed by atoms with E-state index in [-0.39, 0.29) is 28.5 Å². The van der Waals surface area contributed by atoms with Gasteiger partial charge in [-0.15, -0.1) is 0 Å². The highest BCUT2D eigenvalue weighted by molar-refractivity contribution is 7.90. The Kier molecular flexibility index (Phi) is 8.36. The van der Waals surface area contributed by atoms with Crippen molar-refractivity contribution in [3.05, 3.63) is 70.5 Å². The smallest absolute Gasteiger partial charge is 0.264 e. The molecular weight excluding hydrogens is 729 g/mol. The molecule has 0 spiro atoms. The van der Waals surface area contributed by atoms with Gasteiger partial charge in [0.2, 0.25) is 10.0 Å². The maximum atomic E-state index is 14.8. The Morgan fingerprint density at radius 3 is 2.52 bits per heavy atom. The second kappa shape index (κ2) is 13.0. The first-order valence-electron chi connectivity index (χ1n) is 20.3. The molecule has 4 aromatic rings. The molecule has 2 saturated carbocycles. The van der Waals surface area contributed by atoms with Crippen LogP contribution in [0.15, 0.2) is 42.6 Å². The third-order valence-electron chi connectivity index (χ3n) is 13.8. The lowest BCUT2D eigenvalue weighted by atomic mass is 9.73. The fourth-order valence-electron chi connectivity index (χ4n) is 10.4. The first-order valence-corrected chi connectivity index (χ1v) is 21.9. The van der Waals surface area contributed by atoms with Crippen LogP contribution in [0.25, 0.3) is 33.8 Å². The maximum absolute atomic E-state index is 14.8. The number of likely N-dealkylation sites (tertiary alicyclic amines) is 1. The van der Waals surface area contributed by atoms with Gasteiger partial charge in [-0.1, -0.05) is 25.3 Å². The fourth-order valence-corrected chi connectivity index (χ4v) is 11.0. The van der Waals surface area contributed by atoms with Crippen LogP contribution in [0.3, 0.4) is 0 Å². The molecule has 6 aliphatic rings. The van der Waals surface area contributed by atoms with Gasteiger partial charge in [-0.25, -0.2) is 13.1 Å². The van der Waals surface area contributed by atoms with E-state index in [1.807, 2.05) is 23.1 Å². The minimum atomic E-state index is -3.84. The molecule has 56 heavy (non-hydrogen) atoms. The average molecular weight is 779 g/mol. The topological polar surface area (TPSA) is 137 Å². The molecule has 4 aliphatic heterocycles. The molecule has 12 nitrogen and oxygen atoms in total. The van der Waals surface area contributed by atoms with Crippen LogP contribution in [0.1, 0.15) is 115 Å². The minimum Gasteiger partial charge on any atom is -0.497 e. The van der Waals surface area contributed by atoms with Crippen molar-refractivity contribution in [3.63, 3.8) is 0 Å². The van der Waals surface area contributed by atoms with Gasteiger partial charge in [0.05, 0.1) is 66.7 Å².